The van der Waals surface area contributed by atoms with Gasteiger partial charge >= 0.3 is 31.0 Å². The highest BCUT2D eigenvalue weighted by Crippen LogP contribution is 2.41. The van der Waals surface area contributed by atoms with E-state index in [-0.39, 0.29) is 0 Å². The first-order valence-corrected chi connectivity index (χ1v) is 19.4. The van der Waals surface area contributed by atoms with Gasteiger partial charge in [-0.1, -0.05) is 48.0 Å². The number of anilines is 2. The van der Waals surface area contributed by atoms with Gasteiger partial charge in [-0.3, -0.25) is 0 Å². The lowest BCUT2D eigenvalue weighted by atomic mass is 9.92. The van der Waals surface area contributed by atoms with E-state index in [9.17, 15) is 43.6 Å². The fourth-order valence-electron chi connectivity index (χ4n) is 6.75. The Morgan fingerprint density at radius 1 is 0.677 bits per heavy atom. The van der Waals surface area contributed by atoms with Gasteiger partial charge in [0.05, 0.1) is 34.2 Å². The standard InChI is InChI=1S/C46H38ClF6N2O2.BF4/c1-54(2)36-20-22-38-32(24-40(56-42(38)26-36)28-12-16-34(17-13-28)45(48,49)50)10-8-30-6-5-7-31(44(30)47)9-11-33-25-41(29-14-18-35(19-15-29)46(51,52)53)57-43-27-37(55(3)4)21-23-39(33)43;2-1(3,4)5/h8-27H,5-7H2,1-4H3;/q+1;-1. The molecule has 4 aromatic carbocycles. The van der Waals surface area contributed by atoms with Crippen molar-refractivity contribution in [3.63, 3.8) is 0 Å². The predicted molar refractivity (Wildman–Crippen MR) is 228 cm³/mol. The lowest BCUT2D eigenvalue weighted by Crippen LogP contribution is -2.10. The van der Waals surface area contributed by atoms with Gasteiger partial charge in [-0.25, -0.2) is 4.42 Å². The van der Waals surface area contributed by atoms with Crippen molar-refractivity contribution in [1.82, 2.24) is 0 Å². The van der Waals surface area contributed by atoms with E-state index < -0.39 is 30.7 Å². The molecule has 2 heterocycles. The topological polar surface area (TPSA) is 27.0 Å². The van der Waals surface area contributed by atoms with Crippen LogP contribution in [0.4, 0.5) is 55.0 Å². The smallest absolute Gasteiger partial charge is 0.456 e. The summed E-state index contributed by atoms with van der Waals surface area (Å²) in [6, 6.07) is 23.3. The molecular weight excluding hydrogens is 849 g/mol. The molecule has 0 atom stereocenters. The fraction of sp³-hybridized carbons (Fsp3) is 0.196. The first kappa shape index (κ1) is 45.6. The van der Waals surface area contributed by atoms with E-state index in [1.165, 1.54) is 24.3 Å². The minimum Gasteiger partial charge on any atom is -0.456 e. The Hall–Kier alpha value is -5.96. The average Bonchev–Trinajstić information content (AvgIpc) is 3.20. The number of benzene rings is 4. The highest BCUT2D eigenvalue weighted by Gasteiger charge is 2.32. The number of ether oxygens (including phenoxy) is 1. The number of halogens is 11. The molecule has 0 amide bonds. The molecule has 1 aromatic heterocycles. The molecule has 5 aromatic rings. The van der Waals surface area contributed by atoms with Crippen LogP contribution in [0, 0.1) is 0 Å². The van der Waals surface area contributed by atoms with Gasteiger partial charge < -0.3 is 31.8 Å². The SMILES string of the molecule is CN(C)c1ccc2c(c1)OC(c1ccc(C(F)(F)F)cc1)=C/C2=C\C=C1/CCCC(/C=C/c2cc(-c3ccc(C(F)(F)F)cc3)[o+]c3cc(N(C)C)ccc23)=C1Cl.F[B-](F)(F)F. The van der Waals surface area contributed by atoms with E-state index in [2.05, 4.69) is 0 Å². The van der Waals surface area contributed by atoms with Gasteiger partial charge in [0.15, 0.2) is 0 Å². The lowest BCUT2D eigenvalue weighted by Gasteiger charge is -2.23. The van der Waals surface area contributed by atoms with Gasteiger partial charge in [0, 0.05) is 67.4 Å². The summed E-state index contributed by atoms with van der Waals surface area (Å²) in [5, 5.41) is 1.44. The van der Waals surface area contributed by atoms with Crippen molar-refractivity contribution in [3.8, 4) is 17.1 Å². The maximum Gasteiger partial charge on any atom is 0.673 e. The summed E-state index contributed by atoms with van der Waals surface area (Å²) in [6.45, 7) is 0. The normalized spacial score (nSPS) is 16.0. The Labute approximate surface area is 356 Å². The zero-order valence-electron chi connectivity index (χ0n) is 33.6. The molecule has 0 unspecified atom stereocenters. The van der Waals surface area contributed by atoms with Gasteiger partial charge in [0.1, 0.15) is 11.5 Å². The fourth-order valence-corrected chi connectivity index (χ4v) is 7.07. The Morgan fingerprint density at radius 2 is 1.24 bits per heavy atom. The first-order chi connectivity index (χ1) is 29.0. The van der Waals surface area contributed by atoms with Crippen LogP contribution in [0.1, 0.15) is 47.1 Å². The van der Waals surface area contributed by atoms with Crippen LogP contribution in [0.5, 0.6) is 5.75 Å². The molecule has 1 aliphatic heterocycles. The summed E-state index contributed by atoms with van der Waals surface area (Å²) in [4.78, 5) is 3.88. The number of nitrogens with zero attached hydrogens (tertiary/aromatic N) is 2. The second kappa shape index (κ2) is 18.2. The number of alkyl halides is 6. The quantitative estimate of drug-likeness (QED) is 0.0924. The van der Waals surface area contributed by atoms with Crippen LogP contribution in [0.25, 0.3) is 39.7 Å². The van der Waals surface area contributed by atoms with Crippen molar-refractivity contribution in [1.29, 1.82) is 0 Å². The first-order valence-electron chi connectivity index (χ1n) is 19.1. The monoisotopic (exact) mass is 886 g/mol. The van der Waals surface area contributed by atoms with E-state index in [0.29, 0.717) is 39.0 Å². The van der Waals surface area contributed by atoms with Crippen molar-refractivity contribution >= 4 is 58.6 Å². The van der Waals surface area contributed by atoms with Crippen molar-refractivity contribution in [2.75, 3.05) is 38.0 Å². The van der Waals surface area contributed by atoms with Gasteiger partial charge in [-0.2, -0.15) is 26.3 Å². The molecule has 16 heteroatoms. The average molecular weight is 887 g/mol. The number of rotatable bonds is 7. The summed E-state index contributed by atoms with van der Waals surface area (Å²) >= 11 is 7.09. The molecule has 0 saturated heterocycles. The maximum atomic E-state index is 13.3. The third kappa shape index (κ3) is 11.3. The molecule has 0 saturated carbocycles. The molecule has 0 radical (unpaired) electrons. The van der Waals surface area contributed by atoms with Crippen LogP contribution in [0.15, 0.2) is 136 Å². The Bertz CT molecular complexity index is 2600. The number of hydrogen-bond donors (Lipinski definition) is 0. The van der Waals surface area contributed by atoms with E-state index in [0.717, 1.165) is 88.1 Å². The highest BCUT2D eigenvalue weighted by molar-refractivity contribution is 6.50. The molecule has 0 bridgehead atoms. The molecule has 62 heavy (non-hydrogen) atoms. The summed E-state index contributed by atoms with van der Waals surface area (Å²) in [6.07, 6.45) is 3.08. The van der Waals surface area contributed by atoms with E-state index in [4.69, 9.17) is 20.8 Å². The van der Waals surface area contributed by atoms with Crippen LogP contribution in [0.3, 0.4) is 0 Å². The summed E-state index contributed by atoms with van der Waals surface area (Å²) < 4.78 is 131. The molecule has 0 N–H and O–H groups in total. The van der Waals surface area contributed by atoms with Gasteiger partial charge in [0.2, 0.25) is 0 Å². The second-order valence-electron chi connectivity index (χ2n) is 14.8. The van der Waals surface area contributed by atoms with Crippen LogP contribution in [0.2, 0.25) is 0 Å². The predicted octanol–water partition coefficient (Wildman–Crippen LogP) is 15.0. The summed E-state index contributed by atoms with van der Waals surface area (Å²) in [7, 11) is 1.65. The summed E-state index contributed by atoms with van der Waals surface area (Å²) in [5.74, 6) is 1.41. The molecule has 2 aliphatic rings. The Kier molecular flexibility index (Phi) is 13.4. The van der Waals surface area contributed by atoms with Crippen molar-refractivity contribution in [2.45, 2.75) is 31.6 Å². The summed E-state index contributed by atoms with van der Waals surface area (Å²) in [5.41, 5.74) is 6.20. The number of hydrogen-bond acceptors (Lipinski definition) is 3. The van der Waals surface area contributed by atoms with E-state index in [1.807, 2.05) is 111 Å². The largest absolute Gasteiger partial charge is 0.673 e. The van der Waals surface area contributed by atoms with E-state index >= 15 is 0 Å². The Morgan fingerprint density at radius 3 is 1.82 bits per heavy atom. The van der Waals surface area contributed by atoms with Crippen LogP contribution >= 0.6 is 11.6 Å². The maximum absolute atomic E-state index is 13.3. The molecule has 0 fully saturated rings. The molecule has 1 aliphatic carbocycles. The van der Waals surface area contributed by atoms with Crippen LogP contribution < -0.4 is 14.5 Å². The number of allylic oxidation sites excluding steroid dienone is 8. The minimum absolute atomic E-state index is 0.417. The zero-order chi connectivity index (χ0) is 45.1. The number of fused-ring (bicyclic) bond motifs is 2. The highest BCUT2D eigenvalue weighted by atomic mass is 35.5. The third-order valence-electron chi connectivity index (χ3n) is 9.98. The molecular formula is C46H38BClF10N2O2. The van der Waals surface area contributed by atoms with Crippen molar-refractivity contribution < 1.29 is 52.8 Å². The zero-order valence-corrected chi connectivity index (χ0v) is 34.4. The molecule has 324 valence electrons. The van der Waals surface area contributed by atoms with Crippen molar-refractivity contribution in [2.24, 2.45) is 0 Å². The molecule has 0 spiro atoms. The van der Waals surface area contributed by atoms with Gasteiger partial charge in [0.25, 0.3) is 0 Å². The lowest BCUT2D eigenvalue weighted by molar-refractivity contribution is -0.138. The van der Waals surface area contributed by atoms with Crippen LogP contribution in [-0.4, -0.2) is 35.4 Å². The third-order valence-corrected chi connectivity index (χ3v) is 10.5. The molecule has 4 nitrogen and oxygen atoms in total. The van der Waals surface area contributed by atoms with E-state index in [1.54, 1.807) is 0 Å². The minimum atomic E-state index is -6.00. The van der Waals surface area contributed by atoms with Gasteiger partial charge in [-0.15, -0.1) is 0 Å². The molecule has 7 rings (SSSR count). The van der Waals surface area contributed by atoms with Gasteiger partial charge in [-0.05, 0) is 103 Å². The van der Waals surface area contributed by atoms with Crippen LogP contribution in [-0.2, 0) is 12.4 Å². The second-order valence-corrected chi connectivity index (χ2v) is 15.2. The van der Waals surface area contributed by atoms with Crippen molar-refractivity contribution in [3.05, 3.63) is 159 Å². The Balaban J connectivity index is 0.00000121.